The second-order valence-electron chi connectivity index (χ2n) is 11.4. The molecule has 44 heavy (non-hydrogen) atoms. The number of ketones is 1. The summed E-state index contributed by atoms with van der Waals surface area (Å²) in [5.41, 5.74) is -0.981. The van der Waals surface area contributed by atoms with Crippen LogP contribution in [0, 0.1) is 0 Å². The number of pyridine rings is 1. The van der Waals surface area contributed by atoms with Gasteiger partial charge in [-0.15, -0.1) is 0 Å². The molecule has 1 N–H and O–H groups in total. The number of nitrogens with zero attached hydrogens (tertiary/aromatic N) is 3. The van der Waals surface area contributed by atoms with Gasteiger partial charge >= 0.3 is 0 Å². The Morgan fingerprint density at radius 2 is 1.59 bits per heavy atom. The number of para-hydroxylation sites is 1. The number of hydrogen-bond donors (Lipinski definition) is 1. The van der Waals surface area contributed by atoms with Crippen molar-refractivity contribution in [3.8, 4) is 11.5 Å². The van der Waals surface area contributed by atoms with Crippen LogP contribution in [0.3, 0.4) is 0 Å². The van der Waals surface area contributed by atoms with Crippen LogP contribution in [0.25, 0.3) is 0 Å². The number of likely N-dealkylation sites (tertiary alicyclic amines) is 1. The number of rotatable bonds is 7. The molecule has 3 aliphatic rings. The van der Waals surface area contributed by atoms with E-state index in [2.05, 4.69) is 10.3 Å². The van der Waals surface area contributed by atoms with Gasteiger partial charge in [-0.05, 0) is 67.8 Å². The fraction of sp³-hybridized carbons (Fsp3) is 0.344. The summed E-state index contributed by atoms with van der Waals surface area (Å²) >= 11 is 0. The normalized spacial score (nSPS) is 21.5. The Kier molecular flexibility index (Phi) is 8.04. The third-order valence-electron chi connectivity index (χ3n) is 8.64. The first-order valence-electron chi connectivity index (χ1n) is 14.7. The van der Waals surface area contributed by atoms with Crippen LogP contribution in [-0.4, -0.2) is 76.0 Å². The lowest BCUT2D eigenvalue weighted by molar-refractivity contribution is -0.143. The lowest BCUT2D eigenvalue weighted by atomic mass is 9.80. The van der Waals surface area contributed by atoms with E-state index in [0.29, 0.717) is 42.7 Å². The van der Waals surface area contributed by atoms with E-state index in [0.717, 1.165) is 10.7 Å². The summed E-state index contributed by atoms with van der Waals surface area (Å²) in [5.74, 6) is -0.0514. The number of amides is 2. The predicted octanol–water partition coefficient (Wildman–Crippen LogP) is 3.33. The highest BCUT2D eigenvalue weighted by Gasteiger charge is 2.57. The molecule has 1 aliphatic carbocycles. The number of carbonyl (C=O) groups excluding carboxylic acids is 4. The van der Waals surface area contributed by atoms with Gasteiger partial charge in [0.1, 0.15) is 23.1 Å². The number of nitrogens with one attached hydrogen (secondary N) is 1. The molecule has 2 saturated heterocycles. The van der Waals surface area contributed by atoms with Gasteiger partial charge in [-0.2, -0.15) is 4.31 Å². The Labute approximate surface area is 255 Å². The number of fused-ring (bicyclic) bond motifs is 1. The van der Waals surface area contributed by atoms with Crippen LogP contribution in [0.5, 0.6) is 11.5 Å². The van der Waals surface area contributed by atoms with Crippen LogP contribution in [-0.2, 0) is 19.6 Å². The molecule has 2 amide bonds. The Morgan fingerprint density at radius 3 is 2.27 bits per heavy atom. The molecule has 2 aliphatic heterocycles. The Hall–Kier alpha value is -4.42. The van der Waals surface area contributed by atoms with Crippen molar-refractivity contribution in [1.82, 2.24) is 19.5 Å². The first-order valence-corrected chi connectivity index (χ1v) is 16.1. The van der Waals surface area contributed by atoms with E-state index in [9.17, 15) is 27.6 Å². The molecule has 228 valence electrons. The molecule has 3 heterocycles. The molecule has 3 aromatic rings. The maximum absolute atomic E-state index is 14.2. The zero-order chi connectivity index (χ0) is 30.9. The quantitative estimate of drug-likeness (QED) is 0.426. The van der Waals surface area contributed by atoms with E-state index in [1.165, 1.54) is 29.4 Å². The monoisotopic (exact) mass is 616 g/mol. The molecule has 2 atom stereocenters. The third-order valence-corrected chi connectivity index (χ3v) is 10.4. The summed E-state index contributed by atoms with van der Waals surface area (Å²) in [7, 11) is -4.53. The summed E-state index contributed by atoms with van der Waals surface area (Å²) in [5, 5.41) is 1.86. The molecule has 6 rings (SSSR count). The van der Waals surface area contributed by atoms with Crippen molar-refractivity contribution in [3.05, 3.63) is 90.3 Å². The minimum absolute atomic E-state index is 0.0992. The molecule has 0 radical (unpaired) electrons. The van der Waals surface area contributed by atoms with Gasteiger partial charge in [-0.25, -0.2) is 8.42 Å². The predicted molar refractivity (Wildman–Crippen MR) is 159 cm³/mol. The van der Waals surface area contributed by atoms with Crippen LogP contribution < -0.4 is 10.1 Å². The van der Waals surface area contributed by atoms with Gasteiger partial charge in [0.2, 0.25) is 5.91 Å². The zero-order valence-electron chi connectivity index (χ0n) is 23.9. The second-order valence-corrected chi connectivity index (χ2v) is 13.2. The van der Waals surface area contributed by atoms with Crippen LogP contribution in [0.4, 0.5) is 0 Å². The maximum atomic E-state index is 14.2. The summed E-state index contributed by atoms with van der Waals surface area (Å²) < 4.78 is 33.4. The van der Waals surface area contributed by atoms with Crippen molar-refractivity contribution in [2.24, 2.45) is 0 Å². The SMILES string of the molecule is O=C(NC1(C(=O)N2CCC3C2C(=O)CN3S(=O)(=O)C(=O)c2cccnc2)CCCCC1)c1ccc(Oc2ccccc2)cc1. The maximum Gasteiger partial charge on any atom is 0.293 e. The minimum Gasteiger partial charge on any atom is -0.457 e. The van der Waals surface area contributed by atoms with Crippen molar-refractivity contribution in [1.29, 1.82) is 0 Å². The molecule has 3 fully saturated rings. The van der Waals surface area contributed by atoms with Crippen molar-refractivity contribution in [2.75, 3.05) is 13.1 Å². The highest BCUT2D eigenvalue weighted by atomic mass is 32.2. The molecule has 1 saturated carbocycles. The first-order chi connectivity index (χ1) is 21.2. The number of Topliss-reactive ketones (excluding diaryl/α,β-unsaturated/α-hetero) is 1. The molecule has 2 aromatic carbocycles. The van der Waals surface area contributed by atoms with Crippen LogP contribution in [0.2, 0.25) is 0 Å². The summed E-state index contributed by atoms with van der Waals surface area (Å²) in [6, 6.07) is 16.8. The highest BCUT2D eigenvalue weighted by Crippen LogP contribution is 2.37. The minimum atomic E-state index is -4.53. The summed E-state index contributed by atoms with van der Waals surface area (Å²) in [6.45, 7) is -0.361. The van der Waals surface area contributed by atoms with E-state index in [4.69, 9.17) is 4.74 Å². The molecule has 12 heteroatoms. The zero-order valence-corrected chi connectivity index (χ0v) is 24.7. The molecular weight excluding hydrogens is 584 g/mol. The lowest BCUT2D eigenvalue weighted by Gasteiger charge is -2.40. The molecule has 1 aromatic heterocycles. The van der Waals surface area contributed by atoms with Gasteiger partial charge in [0.05, 0.1) is 18.2 Å². The number of benzene rings is 2. The smallest absolute Gasteiger partial charge is 0.293 e. The Bertz CT molecular complexity index is 1670. The topological polar surface area (TPSA) is 143 Å². The van der Waals surface area contributed by atoms with Gasteiger partial charge in [-0.1, -0.05) is 37.5 Å². The molecule has 0 bridgehead atoms. The Balaban J connectivity index is 1.19. The fourth-order valence-electron chi connectivity index (χ4n) is 6.47. The number of ether oxygens (including phenoxy) is 1. The molecular formula is C32H32N4O7S. The number of hydrogen-bond acceptors (Lipinski definition) is 8. The summed E-state index contributed by atoms with van der Waals surface area (Å²) in [6.07, 6.45) is 5.93. The summed E-state index contributed by atoms with van der Waals surface area (Å²) in [4.78, 5) is 59.1. The number of carbonyl (C=O) groups is 4. The Morgan fingerprint density at radius 1 is 0.886 bits per heavy atom. The van der Waals surface area contributed by atoms with E-state index >= 15 is 0 Å². The highest BCUT2D eigenvalue weighted by molar-refractivity contribution is 8.04. The largest absolute Gasteiger partial charge is 0.457 e. The van der Waals surface area contributed by atoms with Crippen molar-refractivity contribution >= 4 is 32.7 Å². The van der Waals surface area contributed by atoms with E-state index in [1.54, 1.807) is 24.3 Å². The van der Waals surface area contributed by atoms with E-state index < -0.39 is 56.9 Å². The second kappa shape index (κ2) is 11.9. The first kappa shape index (κ1) is 29.6. The average molecular weight is 617 g/mol. The number of sulfonamides is 1. The van der Waals surface area contributed by atoms with E-state index in [1.807, 2.05) is 30.3 Å². The number of aromatic nitrogens is 1. The van der Waals surface area contributed by atoms with Gasteiger partial charge in [0.25, 0.3) is 21.0 Å². The third kappa shape index (κ3) is 5.50. The van der Waals surface area contributed by atoms with Gasteiger partial charge < -0.3 is 15.0 Å². The van der Waals surface area contributed by atoms with Crippen molar-refractivity contribution in [3.63, 3.8) is 0 Å². The van der Waals surface area contributed by atoms with Gasteiger partial charge in [0.15, 0.2) is 5.78 Å². The van der Waals surface area contributed by atoms with Gasteiger partial charge in [0, 0.05) is 24.5 Å². The van der Waals surface area contributed by atoms with Crippen LogP contribution >= 0.6 is 0 Å². The lowest BCUT2D eigenvalue weighted by Crippen LogP contribution is -2.62. The fourth-order valence-corrected chi connectivity index (χ4v) is 7.98. The molecule has 2 unspecified atom stereocenters. The van der Waals surface area contributed by atoms with Crippen molar-refractivity contribution in [2.45, 2.75) is 56.1 Å². The van der Waals surface area contributed by atoms with E-state index in [-0.39, 0.29) is 18.5 Å². The average Bonchev–Trinajstić information content (AvgIpc) is 3.63. The van der Waals surface area contributed by atoms with Crippen molar-refractivity contribution < 1.29 is 32.3 Å². The van der Waals surface area contributed by atoms with Crippen LogP contribution in [0.1, 0.15) is 59.2 Å². The standard InChI is InChI=1S/C32H32N4O7S/c37-27-21-36(44(41,42)30(39)23-8-7-18-33-20-23)26-15-19-35(28(26)27)31(40)32(16-5-2-6-17-32)34-29(38)22-11-13-25(14-12-22)43-24-9-3-1-4-10-24/h1,3-4,7-14,18,20,26,28H,2,5-6,15-17,19,21H2,(H,34,38). The van der Waals surface area contributed by atoms with Gasteiger partial charge in [-0.3, -0.25) is 24.2 Å². The molecule has 11 nitrogen and oxygen atoms in total. The van der Waals surface area contributed by atoms with Crippen LogP contribution in [0.15, 0.2) is 79.1 Å². The molecule has 0 spiro atoms.